The van der Waals surface area contributed by atoms with E-state index in [1.54, 1.807) is 30.6 Å². The molecule has 3 unspecified atom stereocenters. The summed E-state index contributed by atoms with van der Waals surface area (Å²) in [6, 6.07) is 6.35. The van der Waals surface area contributed by atoms with Crippen LogP contribution in [0, 0.1) is 5.82 Å². The lowest BCUT2D eigenvalue weighted by atomic mass is 10.1. The van der Waals surface area contributed by atoms with E-state index in [4.69, 9.17) is 0 Å². The Bertz CT molecular complexity index is 732. The second-order valence-electron chi connectivity index (χ2n) is 6.46. The number of amides is 1. The van der Waals surface area contributed by atoms with Gasteiger partial charge in [-0.25, -0.2) is 14.5 Å². The second-order valence-corrected chi connectivity index (χ2v) is 6.46. The smallest absolute Gasteiger partial charge is 0.239 e. The number of para-hydroxylation sites is 1. The molecule has 6 nitrogen and oxygen atoms in total. The van der Waals surface area contributed by atoms with Gasteiger partial charge in [0.15, 0.2) is 0 Å². The number of halogens is 1. The fourth-order valence-electron chi connectivity index (χ4n) is 3.06. The third-order valence-corrected chi connectivity index (χ3v) is 4.50. The minimum Gasteiger partial charge on any atom is -0.348 e. The summed E-state index contributed by atoms with van der Waals surface area (Å²) in [7, 11) is 0. The molecule has 3 N–H and O–H groups in total. The zero-order valence-corrected chi connectivity index (χ0v) is 14.5. The van der Waals surface area contributed by atoms with Crippen molar-refractivity contribution in [1.29, 1.82) is 0 Å². The highest BCUT2D eigenvalue weighted by molar-refractivity contribution is 5.82. The van der Waals surface area contributed by atoms with Crippen LogP contribution in [0.2, 0.25) is 0 Å². The van der Waals surface area contributed by atoms with Crippen LogP contribution in [0.5, 0.6) is 0 Å². The Morgan fingerprint density at radius 2 is 2.24 bits per heavy atom. The third kappa shape index (κ3) is 4.05. The van der Waals surface area contributed by atoms with Gasteiger partial charge in [-0.3, -0.25) is 10.2 Å². The van der Waals surface area contributed by atoms with Gasteiger partial charge in [0.25, 0.3) is 0 Å². The molecule has 0 radical (unpaired) electrons. The number of rotatable bonds is 6. The van der Waals surface area contributed by atoms with E-state index in [1.165, 1.54) is 10.7 Å². The summed E-state index contributed by atoms with van der Waals surface area (Å²) in [5.41, 5.74) is 7.43. The van der Waals surface area contributed by atoms with Gasteiger partial charge in [-0.1, -0.05) is 25.5 Å². The molecule has 0 spiro atoms. The van der Waals surface area contributed by atoms with Crippen LogP contribution in [0.3, 0.4) is 0 Å². The third-order valence-electron chi connectivity index (χ3n) is 4.50. The number of aromatic nitrogens is 2. The molecule has 1 aromatic heterocycles. The molecule has 1 aliphatic heterocycles. The minimum atomic E-state index is -0.336. The molecule has 0 bridgehead atoms. The van der Waals surface area contributed by atoms with Crippen LogP contribution in [-0.2, 0) is 4.79 Å². The maximum absolute atomic E-state index is 13.9. The molecule has 2 aromatic rings. The molecule has 1 amide bonds. The number of nitrogens with zero attached hydrogens (tertiary/aromatic N) is 2. The van der Waals surface area contributed by atoms with E-state index in [0.717, 1.165) is 24.8 Å². The fourth-order valence-corrected chi connectivity index (χ4v) is 3.06. The van der Waals surface area contributed by atoms with Gasteiger partial charge in [-0.15, -0.1) is 0 Å². The first-order chi connectivity index (χ1) is 12.1. The van der Waals surface area contributed by atoms with Crippen LogP contribution in [0.1, 0.15) is 44.7 Å². The summed E-state index contributed by atoms with van der Waals surface area (Å²) in [4.78, 5) is 12.4. The van der Waals surface area contributed by atoms with Gasteiger partial charge in [0, 0.05) is 17.8 Å². The summed E-state index contributed by atoms with van der Waals surface area (Å²) in [6.07, 6.45) is 6.29. The van der Waals surface area contributed by atoms with Crippen LogP contribution in [0.15, 0.2) is 36.7 Å². The van der Waals surface area contributed by atoms with Crippen molar-refractivity contribution in [3.05, 3.63) is 48.0 Å². The number of nitrogens with one attached hydrogen (secondary N) is 3. The van der Waals surface area contributed by atoms with Crippen LogP contribution in [-0.4, -0.2) is 27.8 Å². The van der Waals surface area contributed by atoms with E-state index >= 15 is 0 Å². The van der Waals surface area contributed by atoms with E-state index in [2.05, 4.69) is 28.2 Å². The Morgan fingerprint density at radius 1 is 1.44 bits per heavy atom. The molecule has 7 heteroatoms. The van der Waals surface area contributed by atoms with E-state index in [1.807, 2.05) is 6.92 Å². The first-order valence-electron chi connectivity index (χ1n) is 8.69. The van der Waals surface area contributed by atoms with Gasteiger partial charge in [0.1, 0.15) is 17.5 Å². The lowest BCUT2D eigenvalue weighted by molar-refractivity contribution is -0.123. The molecular formula is C18H24FN5O. The van der Waals surface area contributed by atoms with Gasteiger partial charge in [0.05, 0.1) is 12.2 Å². The van der Waals surface area contributed by atoms with Crippen molar-refractivity contribution < 1.29 is 9.18 Å². The maximum atomic E-state index is 13.9. The average Bonchev–Trinajstić information content (AvgIpc) is 3.25. The molecule has 25 heavy (non-hydrogen) atoms. The van der Waals surface area contributed by atoms with E-state index in [9.17, 15) is 9.18 Å². The Balaban J connectivity index is 1.61. The van der Waals surface area contributed by atoms with Crippen molar-refractivity contribution in [2.24, 2.45) is 0 Å². The Kier molecular flexibility index (Phi) is 5.45. The number of benzene rings is 1. The molecule has 2 heterocycles. The highest BCUT2D eigenvalue weighted by Crippen LogP contribution is 2.17. The zero-order valence-electron chi connectivity index (χ0n) is 14.5. The lowest BCUT2D eigenvalue weighted by Gasteiger charge is -2.15. The molecule has 1 saturated heterocycles. The number of carbonyl (C=O) groups excluding carboxylic acids is 1. The van der Waals surface area contributed by atoms with Gasteiger partial charge in [-0.2, -0.15) is 5.10 Å². The van der Waals surface area contributed by atoms with Crippen LogP contribution in [0.4, 0.5) is 4.39 Å². The summed E-state index contributed by atoms with van der Waals surface area (Å²) in [5.74, 6) is -0.380. The van der Waals surface area contributed by atoms with Gasteiger partial charge < -0.3 is 5.32 Å². The van der Waals surface area contributed by atoms with Crippen molar-refractivity contribution >= 4 is 5.91 Å². The molecule has 0 aliphatic carbocycles. The number of hydrogen-bond donors (Lipinski definition) is 3. The number of hydrazine groups is 1. The zero-order chi connectivity index (χ0) is 17.8. The Hall–Kier alpha value is -2.25. The van der Waals surface area contributed by atoms with Crippen molar-refractivity contribution in [2.45, 2.75) is 51.2 Å². The fraction of sp³-hybridized carbons (Fsp3) is 0.444. The standard InChI is InChI=1S/C18H24FN5O/c1-3-6-14-9-16(23-22-14)18(25)21-12(2)13-10-20-24(11-13)17-8-5-4-7-15(17)19/h4-5,7-8,10-12,14,16,22-23H,3,6,9H2,1-2H3,(H,21,25). The molecule has 134 valence electrons. The van der Waals surface area contributed by atoms with Crippen LogP contribution < -0.4 is 16.2 Å². The second kappa shape index (κ2) is 7.76. The quantitative estimate of drug-likeness (QED) is 0.751. The summed E-state index contributed by atoms with van der Waals surface area (Å²) in [5, 5.41) is 7.20. The van der Waals surface area contributed by atoms with Gasteiger partial charge >= 0.3 is 0 Å². The molecule has 3 atom stereocenters. The first kappa shape index (κ1) is 17.6. The van der Waals surface area contributed by atoms with Gasteiger partial charge in [-0.05, 0) is 31.9 Å². The van der Waals surface area contributed by atoms with Crippen molar-refractivity contribution in [3.8, 4) is 5.69 Å². The molecule has 1 aliphatic rings. The van der Waals surface area contributed by atoms with E-state index < -0.39 is 0 Å². The number of hydrogen-bond acceptors (Lipinski definition) is 4. The van der Waals surface area contributed by atoms with E-state index in [-0.39, 0.29) is 23.8 Å². The summed E-state index contributed by atoms with van der Waals surface area (Å²) in [6.45, 7) is 4.02. The maximum Gasteiger partial charge on any atom is 0.239 e. The SMILES string of the molecule is CCCC1CC(C(=O)NC(C)c2cnn(-c3ccccc3F)c2)NN1. The largest absolute Gasteiger partial charge is 0.348 e. The van der Waals surface area contributed by atoms with Crippen molar-refractivity contribution in [1.82, 2.24) is 25.9 Å². The predicted octanol–water partition coefficient (Wildman–Crippen LogP) is 2.22. The summed E-state index contributed by atoms with van der Waals surface area (Å²) >= 11 is 0. The molecule has 0 saturated carbocycles. The molecule has 1 aromatic carbocycles. The Labute approximate surface area is 146 Å². The highest BCUT2D eigenvalue weighted by atomic mass is 19.1. The molecular weight excluding hydrogens is 321 g/mol. The topological polar surface area (TPSA) is 71.0 Å². The lowest BCUT2D eigenvalue weighted by Crippen LogP contribution is -2.44. The normalized spacial score (nSPS) is 21.2. The number of carbonyl (C=O) groups is 1. The Morgan fingerprint density at radius 3 is 3.00 bits per heavy atom. The highest BCUT2D eigenvalue weighted by Gasteiger charge is 2.29. The molecule has 1 fully saturated rings. The van der Waals surface area contributed by atoms with Crippen molar-refractivity contribution in [3.63, 3.8) is 0 Å². The predicted molar refractivity (Wildman–Crippen MR) is 93.5 cm³/mol. The molecule has 3 rings (SSSR count). The summed E-state index contributed by atoms with van der Waals surface area (Å²) < 4.78 is 15.3. The monoisotopic (exact) mass is 345 g/mol. The first-order valence-corrected chi connectivity index (χ1v) is 8.69. The van der Waals surface area contributed by atoms with Crippen molar-refractivity contribution in [2.75, 3.05) is 0 Å². The minimum absolute atomic E-state index is 0.0442. The van der Waals surface area contributed by atoms with Crippen LogP contribution in [0.25, 0.3) is 5.69 Å². The van der Waals surface area contributed by atoms with Crippen LogP contribution >= 0.6 is 0 Å². The van der Waals surface area contributed by atoms with Gasteiger partial charge in [0.2, 0.25) is 5.91 Å². The average molecular weight is 345 g/mol. The van der Waals surface area contributed by atoms with E-state index in [0.29, 0.717) is 11.7 Å².